The molecule has 0 radical (unpaired) electrons. The zero-order chi connectivity index (χ0) is 12.7. The quantitative estimate of drug-likeness (QED) is 0.890. The van der Waals surface area contributed by atoms with Gasteiger partial charge in [-0.1, -0.05) is 13.3 Å². The molecule has 18 heavy (non-hydrogen) atoms. The molecule has 2 aromatic heterocycles. The lowest BCUT2D eigenvalue weighted by Gasteiger charge is -2.18. The molecule has 1 saturated carbocycles. The predicted molar refractivity (Wildman–Crippen MR) is 77.3 cm³/mol. The number of anilines is 1. The summed E-state index contributed by atoms with van der Waals surface area (Å²) in [6.07, 6.45) is 5.59. The number of thiophene rings is 1. The average molecular weight is 261 g/mol. The Kier molecular flexibility index (Phi) is 2.98. The van der Waals surface area contributed by atoms with E-state index in [1.807, 2.05) is 0 Å². The van der Waals surface area contributed by atoms with E-state index in [-0.39, 0.29) is 0 Å². The highest BCUT2D eigenvalue weighted by Gasteiger charge is 2.24. The third-order valence-corrected chi connectivity index (χ3v) is 5.26. The van der Waals surface area contributed by atoms with E-state index >= 15 is 0 Å². The van der Waals surface area contributed by atoms with Crippen LogP contribution < -0.4 is 5.32 Å². The molecule has 4 heteroatoms. The molecule has 2 atom stereocenters. The van der Waals surface area contributed by atoms with Gasteiger partial charge in [-0.15, -0.1) is 11.3 Å². The van der Waals surface area contributed by atoms with Crippen LogP contribution in [0.5, 0.6) is 0 Å². The minimum Gasteiger partial charge on any atom is -0.366 e. The average Bonchev–Trinajstić information content (AvgIpc) is 2.86. The molecule has 1 N–H and O–H groups in total. The summed E-state index contributed by atoms with van der Waals surface area (Å²) in [5, 5.41) is 4.86. The second-order valence-electron chi connectivity index (χ2n) is 5.34. The Hall–Kier alpha value is -1.16. The van der Waals surface area contributed by atoms with E-state index in [1.54, 1.807) is 17.7 Å². The summed E-state index contributed by atoms with van der Waals surface area (Å²) in [4.78, 5) is 11.3. The van der Waals surface area contributed by atoms with Gasteiger partial charge in [0.05, 0.1) is 5.39 Å². The summed E-state index contributed by atoms with van der Waals surface area (Å²) in [7, 11) is 0. The van der Waals surface area contributed by atoms with Crippen molar-refractivity contribution in [2.45, 2.75) is 46.1 Å². The van der Waals surface area contributed by atoms with Gasteiger partial charge in [0.15, 0.2) is 0 Å². The highest BCUT2D eigenvalue weighted by atomic mass is 32.1. The van der Waals surface area contributed by atoms with E-state index in [1.165, 1.54) is 35.1 Å². The van der Waals surface area contributed by atoms with Gasteiger partial charge in [-0.05, 0) is 38.2 Å². The van der Waals surface area contributed by atoms with E-state index in [2.05, 4.69) is 36.1 Å². The molecule has 3 nitrogen and oxygen atoms in total. The summed E-state index contributed by atoms with van der Waals surface area (Å²) >= 11 is 1.76. The molecule has 1 fully saturated rings. The van der Waals surface area contributed by atoms with Crippen LogP contribution in [0.3, 0.4) is 0 Å². The third-order valence-electron chi connectivity index (χ3n) is 4.15. The van der Waals surface area contributed by atoms with Crippen LogP contribution in [0.2, 0.25) is 0 Å². The van der Waals surface area contributed by atoms with Gasteiger partial charge < -0.3 is 5.32 Å². The molecule has 2 unspecified atom stereocenters. The highest BCUT2D eigenvalue weighted by molar-refractivity contribution is 7.18. The highest BCUT2D eigenvalue weighted by Crippen LogP contribution is 2.35. The maximum Gasteiger partial charge on any atom is 0.138 e. The monoisotopic (exact) mass is 261 g/mol. The number of hydrogen-bond donors (Lipinski definition) is 1. The molecule has 1 aliphatic carbocycles. The largest absolute Gasteiger partial charge is 0.366 e. The second kappa shape index (κ2) is 4.50. The van der Waals surface area contributed by atoms with Gasteiger partial charge in [-0.3, -0.25) is 0 Å². The number of rotatable bonds is 2. The molecule has 2 heterocycles. The van der Waals surface area contributed by atoms with Gasteiger partial charge in [0.2, 0.25) is 0 Å². The van der Waals surface area contributed by atoms with Gasteiger partial charge in [0.25, 0.3) is 0 Å². The number of nitrogens with one attached hydrogen (secondary N) is 1. The molecular formula is C14H19N3S. The van der Waals surface area contributed by atoms with Crippen molar-refractivity contribution in [1.82, 2.24) is 9.97 Å². The van der Waals surface area contributed by atoms with Crippen molar-refractivity contribution in [3.8, 4) is 0 Å². The second-order valence-corrected chi connectivity index (χ2v) is 6.55. The van der Waals surface area contributed by atoms with E-state index in [4.69, 9.17) is 0 Å². The minimum atomic E-state index is 0.572. The minimum absolute atomic E-state index is 0.572. The van der Waals surface area contributed by atoms with Crippen molar-refractivity contribution < 1.29 is 0 Å². The van der Waals surface area contributed by atoms with Crippen LogP contribution in [0, 0.1) is 19.8 Å². The Balaban J connectivity index is 2.01. The van der Waals surface area contributed by atoms with Crippen LogP contribution in [-0.4, -0.2) is 16.0 Å². The number of aromatic nitrogens is 2. The molecule has 2 aromatic rings. The maximum absolute atomic E-state index is 4.46. The smallest absolute Gasteiger partial charge is 0.138 e. The van der Waals surface area contributed by atoms with Crippen LogP contribution >= 0.6 is 11.3 Å². The lowest BCUT2D eigenvalue weighted by Crippen LogP contribution is -2.22. The van der Waals surface area contributed by atoms with Gasteiger partial charge >= 0.3 is 0 Å². The Morgan fingerprint density at radius 2 is 2.11 bits per heavy atom. The number of aryl methyl sites for hydroxylation is 2. The predicted octanol–water partition coefficient (Wildman–Crippen LogP) is 3.91. The zero-order valence-corrected chi connectivity index (χ0v) is 12.0. The van der Waals surface area contributed by atoms with Crippen LogP contribution in [0.1, 0.15) is 36.6 Å². The van der Waals surface area contributed by atoms with E-state index < -0.39 is 0 Å². The third kappa shape index (κ3) is 1.88. The fourth-order valence-electron chi connectivity index (χ4n) is 2.83. The fraction of sp³-hybridized carbons (Fsp3) is 0.571. The molecule has 3 rings (SSSR count). The first-order valence-electron chi connectivity index (χ1n) is 6.64. The van der Waals surface area contributed by atoms with Crippen LogP contribution in [0.15, 0.2) is 6.33 Å². The van der Waals surface area contributed by atoms with Gasteiger partial charge in [-0.2, -0.15) is 0 Å². The molecule has 0 aromatic carbocycles. The normalized spacial score (nSPS) is 23.7. The standard InChI is InChI=1S/C14H19N3S/c1-8-5-4-6-11(8)17-13-12-9(2)10(3)18-14(12)16-7-15-13/h7-8,11H,4-6H2,1-3H3,(H,15,16,17). The van der Waals surface area contributed by atoms with Crippen molar-refractivity contribution >= 4 is 27.4 Å². The number of nitrogens with zero attached hydrogens (tertiary/aromatic N) is 2. The van der Waals surface area contributed by atoms with Crippen LogP contribution in [0.4, 0.5) is 5.82 Å². The first kappa shape index (κ1) is 11.9. The molecular weight excluding hydrogens is 242 g/mol. The van der Waals surface area contributed by atoms with Crippen LogP contribution in [0.25, 0.3) is 10.2 Å². The Morgan fingerprint density at radius 3 is 2.83 bits per heavy atom. The van der Waals surface area contributed by atoms with Crippen molar-refractivity contribution in [3.63, 3.8) is 0 Å². The summed E-state index contributed by atoms with van der Waals surface area (Å²) < 4.78 is 0. The summed E-state index contributed by atoms with van der Waals surface area (Å²) in [5.74, 6) is 1.77. The van der Waals surface area contributed by atoms with Crippen molar-refractivity contribution in [1.29, 1.82) is 0 Å². The topological polar surface area (TPSA) is 37.8 Å². The van der Waals surface area contributed by atoms with Crippen molar-refractivity contribution in [3.05, 3.63) is 16.8 Å². The van der Waals surface area contributed by atoms with Crippen LogP contribution in [-0.2, 0) is 0 Å². The molecule has 96 valence electrons. The van der Waals surface area contributed by atoms with Gasteiger partial charge in [0, 0.05) is 10.9 Å². The fourth-order valence-corrected chi connectivity index (χ4v) is 3.82. The van der Waals surface area contributed by atoms with E-state index in [0.717, 1.165) is 16.6 Å². The Bertz CT molecular complexity index is 576. The van der Waals surface area contributed by atoms with Crippen molar-refractivity contribution in [2.24, 2.45) is 5.92 Å². The van der Waals surface area contributed by atoms with E-state index in [9.17, 15) is 0 Å². The first-order valence-corrected chi connectivity index (χ1v) is 7.45. The number of fused-ring (bicyclic) bond motifs is 1. The van der Waals surface area contributed by atoms with Crippen molar-refractivity contribution in [2.75, 3.05) is 5.32 Å². The molecule has 0 spiro atoms. The maximum atomic E-state index is 4.46. The van der Waals surface area contributed by atoms with Gasteiger partial charge in [0.1, 0.15) is 17.0 Å². The molecule has 0 amide bonds. The molecule has 0 saturated heterocycles. The zero-order valence-electron chi connectivity index (χ0n) is 11.2. The first-order chi connectivity index (χ1) is 8.66. The van der Waals surface area contributed by atoms with Gasteiger partial charge in [-0.25, -0.2) is 9.97 Å². The SMILES string of the molecule is Cc1sc2ncnc(NC3CCCC3C)c2c1C. The van der Waals surface area contributed by atoms with E-state index in [0.29, 0.717) is 6.04 Å². The molecule has 1 aliphatic rings. The summed E-state index contributed by atoms with van der Waals surface area (Å²) in [6.45, 7) is 6.65. The summed E-state index contributed by atoms with van der Waals surface area (Å²) in [5.41, 5.74) is 1.32. The lowest BCUT2D eigenvalue weighted by molar-refractivity contribution is 0.555. The summed E-state index contributed by atoms with van der Waals surface area (Å²) in [6, 6.07) is 0.572. The Labute approximate surface area is 112 Å². The molecule has 0 bridgehead atoms. The number of hydrogen-bond acceptors (Lipinski definition) is 4. The lowest BCUT2D eigenvalue weighted by atomic mass is 10.1. The molecule has 0 aliphatic heterocycles. The Morgan fingerprint density at radius 1 is 1.28 bits per heavy atom.